The molecular weight excluding hydrogens is 284 g/mol. The molecule has 22 heavy (non-hydrogen) atoms. The standard InChI is InChI=1S/C16H20N2O4/c19-14-3-1-13(2-4-14)17-5-7-18(8-6-17)15(20)11-9-12(10-11)16(21)22/h1-4,11-12,19H,5-10H2,(H,21,22). The predicted octanol–water partition coefficient (Wildman–Crippen LogP) is 1.15. The Morgan fingerprint density at radius 3 is 2.09 bits per heavy atom. The van der Waals surface area contributed by atoms with Gasteiger partial charge in [-0.05, 0) is 37.1 Å². The average molecular weight is 304 g/mol. The van der Waals surface area contributed by atoms with Crippen molar-refractivity contribution in [3.63, 3.8) is 0 Å². The normalized spacial score (nSPS) is 24.7. The molecule has 1 saturated carbocycles. The smallest absolute Gasteiger partial charge is 0.306 e. The number of rotatable bonds is 3. The quantitative estimate of drug-likeness (QED) is 0.875. The van der Waals surface area contributed by atoms with E-state index in [1.54, 1.807) is 12.1 Å². The largest absolute Gasteiger partial charge is 0.508 e. The van der Waals surface area contributed by atoms with Gasteiger partial charge < -0.3 is 20.0 Å². The minimum Gasteiger partial charge on any atom is -0.508 e. The van der Waals surface area contributed by atoms with Gasteiger partial charge in [0.25, 0.3) is 0 Å². The van der Waals surface area contributed by atoms with Crippen LogP contribution in [0, 0.1) is 11.8 Å². The van der Waals surface area contributed by atoms with Crippen LogP contribution < -0.4 is 4.90 Å². The zero-order chi connectivity index (χ0) is 15.7. The van der Waals surface area contributed by atoms with Crippen molar-refractivity contribution >= 4 is 17.6 Å². The number of benzene rings is 1. The molecule has 0 atom stereocenters. The van der Waals surface area contributed by atoms with Gasteiger partial charge in [0, 0.05) is 37.8 Å². The first-order chi connectivity index (χ1) is 10.5. The van der Waals surface area contributed by atoms with Crippen LogP contribution >= 0.6 is 0 Å². The van der Waals surface area contributed by atoms with E-state index in [1.807, 2.05) is 17.0 Å². The predicted molar refractivity (Wildman–Crippen MR) is 80.7 cm³/mol. The number of carboxylic acids is 1. The monoisotopic (exact) mass is 304 g/mol. The van der Waals surface area contributed by atoms with E-state index in [4.69, 9.17) is 5.11 Å². The number of anilines is 1. The Hall–Kier alpha value is -2.24. The lowest BCUT2D eigenvalue weighted by Crippen LogP contribution is -2.52. The second-order valence-electron chi connectivity index (χ2n) is 6.03. The van der Waals surface area contributed by atoms with Gasteiger partial charge in [0.1, 0.15) is 5.75 Å². The maximum absolute atomic E-state index is 12.3. The van der Waals surface area contributed by atoms with Gasteiger partial charge in [-0.2, -0.15) is 0 Å². The summed E-state index contributed by atoms with van der Waals surface area (Å²) in [6, 6.07) is 7.06. The van der Waals surface area contributed by atoms with Gasteiger partial charge in [-0.3, -0.25) is 9.59 Å². The van der Waals surface area contributed by atoms with Crippen molar-refractivity contribution in [2.75, 3.05) is 31.1 Å². The molecule has 3 rings (SSSR count). The zero-order valence-corrected chi connectivity index (χ0v) is 12.3. The lowest BCUT2D eigenvalue weighted by molar-refractivity contribution is -0.151. The van der Waals surface area contributed by atoms with Gasteiger partial charge >= 0.3 is 5.97 Å². The van der Waals surface area contributed by atoms with E-state index in [-0.39, 0.29) is 23.5 Å². The van der Waals surface area contributed by atoms with E-state index < -0.39 is 5.97 Å². The number of amides is 1. The first kappa shape index (κ1) is 14.7. The molecule has 1 aromatic rings. The highest BCUT2D eigenvalue weighted by Gasteiger charge is 2.41. The summed E-state index contributed by atoms with van der Waals surface area (Å²) in [4.78, 5) is 27.1. The first-order valence-corrected chi connectivity index (χ1v) is 7.60. The van der Waals surface area contributed by atoms with Gasteiger partial charge in [-0.15, -0.1) is 0 Å². The fourth-order valence-corrected chi connectivity index (χ4v) is 3.13. The van der Waals surface area contributed by atoms with Crippen LogP contribution in [-0.2, 0) is 9.59 Å². The van der Waals surface area contributed by atoms with Crippen LogP contribution in [0.15, 0.2) is 24.3 Å². The SMILES string of the molecule is O=C(O)C1CC(C(=O)N2CCN(c3ccc(O)cc3)CC2)C1. The number of piperazine rings is 1. The van der Waals surface area contributed by atoms with Crippen molar-refractivity contribution in [1.29, 1.82) is 0 Å². The number of aromatic hydroxyl groups is 1. The summed E-state index contributed by atoms with van der Waals surface area (Å²) < 4.78 is 0. The maximum atomic E-state index is 12.3. The van der Waals surface area contributed by atoms with Gasteiger partial charge in [0.2, 0.25) is 5.91 Å². The van der Waals surface area contributed by atoms with E-state index in [2.05, 4.69) is 4.90 Å². The van der Waals surface area contributed by atoms with Crippen molar-refractivity contribution in [3.8, 4) is 5.75 Å². The number of aliphatic carboxylic acids is 1. The van der Waals surface area contributed by atoms with Crippen LogP contribution in [0.4, 0.5) is 5.69 Å². The van der Waals surface area contributed by atoms with Crippen LogP contribution in [0.1, 0.15) is 12.8 Å². The molecule has 0 radical (unpaired) electrons. The molecule has 1 heterocycles. The number of carbonyl (C=O) groups is 2. The van der Waals surface area contributed by atoms with Crippen molar-refractivity contribution in [1.82, 2.24) is 4.90 Å². The Bertz CT molecular complexity index is 558. The first-order valence-electron chi connectivity index (χ1n) is 7.60. The van der Waals surface area contributed by atoms with Gasteiger partial charge in [-0.25, -0.2) is 0 Å². The molecule has 2 N–H and O–H groups in total. The molecule has 1 saturated heterocycles. The van der Waals surface area contributed by atoms with Gasteiger partial charge in [0.05, 0.1) is 5.92 Å². The molecule has 0 aromatic heterocycles. The van der Waals surface area contributed by atoms with Crippen LogP contribution in [0.25, 0.3) is 0 Å². The molecule has 2 aliphatic rings. The molecule has 0 bridgehead atoms. The van der Waals surface area contributed by atoms with Gasteiger partial charge in [-0.1, -0.05) is 0 Å². The molecule has 2 fully saturated rings. The van der Waals surface area contributed by atoms with Crippen LogP contribution in [0.2, 0.25) is 0 Å². The van der Waals surface area contributed by atoms with Crippen molar-refractivity contribution in [2.24, 2.45) is 11.8 Å². The molecular formula is C16H20N2O4. The molecule has 6 heteroatoms. The highest BCUT2D eigenvalue weighted by Crippen LogP contribution is 2.35. The molecule has 6 nitrogen and oxygen atoms in total. The van der Waals surface area contributed by atoms with E-state index in [9.17, 15) is 14.7 Å². The third-order valence-electron chi connectivity index (χ3n) is 4.64. The van der Waals surface area contributed by atoms with Crippen molar-refractivity contribution in [3.05, 3.63) is 24.3 Å². The van der Waals surface area contributed by atoms with Crippen molar-refractivity contribution in [2.45, 2.75) is 12.8 Å². The number of carbonyl (C=O) groups excluding carboxylic acids is 1. The molecule has 0 spiro atoms. The third-order valence-corrected chi connectivity index (χ3v) is 4.64. The summed E-state index contributed by atoms with van der Waals surface area (Å²) in [7, 11) is 0. The third kappa shape index (κ3) is 2.86. The molecule has 1 amide bonds. The van der Waals surface area contributed by atoms with Gasteiger partial charge in [0.15, 0.2) is 0 Å². The number of carboxylic acid groups (broad SMARTS) is 1. The Morgan fingerprint density at radius 2 is 1.55 bits per heavy atom. The molecule has 1 aliphatic heterocycles. The highest BCUT2D eigenvalue weighted by atomic mass is 16.4. The topological polar surface area (TPSA) is 81.1 Å². The molecule has 0 unspecified atom stereocenters. The van der Waals surface area contributed by atoms with E-state index >= 15 is 0 Å². The summed E-state index contributed by atoms with van der Waals surface area (Å²) in [5, 5.41) is 18.2. The number of hydrogen-bond donors (Lipinski definition) is 2. The summed E-state index contributed by atoms with van der Waals surface area (Å²) in [5.74, 6) is -0.895. The van der Waals surface area contributed by atoms with Crippen molar-refractivity contribution < 1.29 is 19.8 Å². The minimum absolute atomic E-state index is 0.0999. The van der Waals surface area contributed by atoms with Crippen LogP contribution in [-0.4, -0.2) is 53.2 Å². The zero-order valence-electron chi connectivity index (χ0n) is 12.3. The fraction of sp³-hybridized carbons (Fsp3) is 0.500. The number of phenols is 1. The maximum Gasteiger partial charge on any atom is 0.306 e. The lowest BCUT2D eigenvalue weighted by Gasteiger charge is -2.40. The second kappa shape index (κ2) is 5.87. The number of nitrogens with zero attached hydrogens (tertiary/aromatic N) is 2. The van der Waals surface area contributed by atoms with Crippen LogP contribution in [0.5, 0.6) is 5.75 Å². The molecule has 1 aromatic carbocycles. The fourth-order valence-electron chi connectivity index (χ4n) is 3.13. The number of hydrogen-bond acceptors (Lipinski definition) is 4. The Kier molecular flexibility index (Phi) is 3.92. The summed E-state index contributed by atoms with van der Waals surface area (Å²) in [6.45, 7) is 2.83. The Morgan fingerprint density at radius 1 is 0.955 bits per heavy atom. The summed E-state index contributed by atoms with van der Waals surface area (Å²) >= 11 is 0. The molecule has 1 aliphatic carbocycles. The Labute approximate surface area is 129 Å². The van der Waals surface area contributed by atoms with E-state index in [1.165, 1.54) is 0 Å². The number of phenolic OH excluding ortho intramolecular Hbond substituents is 1. The summed E-state index contributed by atoms with van der Waals surface area (Å²) in [6.07, 6.45) is 0.957. The molecule has 118 valence electrons. The van der Waals surface area contributed by atoms with E-state index in [0.29, 0.717) is 25.9 Å². The Balaban J connectivity index is 1.50. The average Bonchev–Trinajstić information content (AvgIpc) is 2.46. The van der Waals surface area contributed by atoms with Crippen LogP contribution in [0.3, 0.4) is 0 Å². The highest BCUT2D eigenvalue weighted by molar-refractivity contribution is 5.83. The lowest BCUT2D eigenvalue weighted by atomic mass is 9.74. The van der Waals surface area contributed by atoms with E-state index in [0.717, 1.165) is 18.8 Å². The minimum atomic E-state index is -0.791. The summed E-state index contributed by atoms with van der Waals surface area (Å²) in [5.41, 5.74) is 1.04. The second-order valence-corrected chi connectivity index (χ2v) is 6.03.